The van der Waals surface area contributed by atoms with Crippen molar-refractivity contribution in [3.63, 3.8) is 0 Å². The Labute approximate surface area is 188 Å². The third-order valence-electron chi connectivity index (χ3n) is 5.44. The number of anilines is 1. The number of hydrogen-bond donors (Lipinski definition) is 0. The summed E-state index contributed by atoms with van der Waals surface area (Å²) >= 11 is 1.33. The number of ether oxygens (including phenoxy) is 2. The summed E-state index contributed by atoms with van der Waals surface area (Å²) in [6.45, 7) is 4.37. The number of hydrogen-bond acceptors (Lipinski definition) is 9. The zero-order valence-electron chi connectivity index (χ0n) is 18.0. The molecular weight excluding hydrogens is 434 g/mol. The Balaban J connectivity index is 1.54. The summed E-state index contributed by atoms with van der Waals surface area (Å²) in [5.41, 5.74) is 1.65. The third-order valence-corrected chi connectivity index (χ3v) is 6.61. The fraction of sp³-hybridized carbons (Fsp3) is 0.381. The lowest BCUT2D eigenvalue weighted by Gasteiger charge is -2.36. The zero-order chi connectivity index (χ0) is 22.8. The van der Waals surface area contributed by atoms with E-state index in [0.717, 1.165) is 16.6 Å². The summed E-state index contributed by atoms with van der Waals surface area (Å²) in [4.78, 5) is 38.0. The molecule has 0 saturated carbocycles. The van der Waals surface area contributed by atoms with E-state index in [-0.39, 0.29) is 18.2 Å². The minimum absolute atomic E-state index is 0.0560. The van der Waals surface area contributed by atoms with Gasteiger partial charge in [0.2, 0.25) is 5.88 Å². The molecule has 11 heteroatoms. The van der Waals surface area contributed by atoms with Crippen molar-refractivity contribution >= 4 is 38.8 Å². The fourth-order valence-corrected chi connectivity index (χ4v) is 4.96. The first kappa shape index (κ1) is 21.9. The summed E-state index contributed by atoms with van der Waals surface area (Å²) in [7, 11) is 3.12. The molecule has 10 nitrogen and oxygen atoms in total. The number of fused-ring (bicyclic) bond motifs is 1. The highest BCUT2D eigenvalue weighted by molar-refractivity contribution is 7.20. The number of piperazine rings is 1. The van der Waals surface area contributed by atoms with E-state index in [9.17, 15) is 14.9 Å². The molecule has 0 N–H and O–H groups in total. The van der Waals surface area contributed by atoms with Gasteiger partial charge < -0.3 is 19.3 Å². The van der Waals surface area contributed by atoms with Crippen LogP contribution in [-0.2, 0) is 11.3 Å². The van der Waals surface area contributed by atoms with Gasteiger partial charge in [0.15, 0.2) is 5.82 Å². The molecule has 0 spiro atoms. The average molecular weight is 458 g/mol. The van der Waals surface area contributed by atoms with Crippen molar-refractivity contribution in [2.75, 3.05) is 45.3 Å². The second kappa shape index (κ2) is 9.05. The van der Waals surface area contributed by atoms with E-state index in [1.807, 2.05) is 17.9 Å². The summed E-state index contributed by atoms with van der Waals surface area (Å²) in [6.07, 6.45) is 0. The van der Waals surface area contributed by atoms with E-state index in [0.29, 0.717) is 47.6 Å². The number of aromatic nitrogens is 2. The number of amides is 1. The molecule has 1 aliphatic heterocycles. The van der Waals surface area contributed by atoms with E-state index in [4.69, 9.17) is 9.47 Å². The van der Waals surface area contributed by atoms with Crippen molar-refractivity contribution in [3.8, 4) is 5.88 Å². The molecule has 4 rings (SSSR count). The highest BCUT2D eigenvalue weighted by Gasteiger charge is 2.27. The second-order valence-electron chi connectivity index (χ2n) is 7.37. The van der Waals surface area contributed by atoms with Gasteiger partial charge in [0.1, 0.15) is 11.4 Å². The molecule has 3 heterocycles. The Kier molecular flexibility index (Phi) is 6.19. The molecule has 0 atom stereocenters. The van der Waals surface area contributed by atoms with Gasteiger partial charge in [0, 0.05) is 51.1 Å². The number of methoxy groups -OCH3 is 2. The Morgan fingerprint density at radius 3 is 2.62 bits per heavy atom. The van der Waals surface area contributed by atoms with E-state index in [2.05, 4.69) is 14.9 Å². The van der Waals surface area contributed by atoms with E-state index < -0.39 is 4.92 Å². The molecule has 32 heavy (non-hydrogen) atoms. The molecule has 1 saturated heterocycles. The quantitative estimate of drug-likeness (QED) is 0.410. The molecule has 0 bridgehead atoms. The lowest BCUT2D eigenvalue weighted by molar-refractivity contribution is -0.384. The monoisotopic (exact) mass is 457 g/mol. The van der Waals surface area contributed by atoms with Gasteiger partial charge in [0.25, 0.3) is 11.6 Å². The van der Waals surface area contributed by atoms with Gasteiger partial charge >= 0.3 is 0 Å². The average Bonchev–Trinajstić information content (AvgIpc) is 3.14. The maximum Gasteiger partial charge on any atom is 0.271 e. The lowest BCUT2D eigenvalue weighted by Crippen LogP contribution is -2.48. The van der Waals surface area contributed by atoms with Gasteiger partial charge in [-0.15, -0.1) is 11.3 Å². The van der Waals surface area contributed by atoms with E-state index >= 15 is 0 Å². The largest absolute Gasteiger partial charge is 0.480 e. The van der Waals surface area contributed by atoms with Crippen molar-refractivity contribution in [2.24, 2.45) is 0 Å². The van der Waals surface area contributed by atoms with Gasteiger partial charge in [-0.3, -0.25) is 14.9 Å². The Morgan fingerprint density at radius 2 is 1.97 bits per heavy atom. The number of nitro groups is 1. The molecule has 0 radical (unpaired) electrons. The van der Waals surface area contributed by atoms with Crippen LogP contribution in [0.4, 0.5) is 11.4 Å². The van der Waals surface area contributed by atoms with Gasteiger partial charge in [-0.1, -0.05) is 6.07 Å². The van der Waals surface area contributed by atoms with Crippen LogP contribution in [0.5, 0.6) is 5.88 Å². The Morgan fingerprint density at radius 1 is 1.22 bits per heavy atom. The SMILES string of the molecule is COCc1nc(OC)c2c(C)c(C(=O)N3CCN(c4cccc([N+](=O)[O-])c4)CC3)sc2n1. The van der Waals surface area contributed by atoms with Crippen LogP contribution in [0.3, 0.4) is 0 Å². The standard InChI is InChI=1S/C21H23N5O5S/c1-13-17-19(31-3)22-16(12-30-2)23-20(17)32-18(13)21(27)25-9-7-24(8-10-25)14-5-4-6-15(11-14)26(28)29/h4-6,11H,7-10,12H2,1-3H3. The minimum atomic E-state index is -0.400. The number of nitro benzene ring substituents is 1. The normalized spacial score (nSPS) is 14.1. The maximum absolute atomic E-state index is 13.3. The maximum atomic E-state index is 13.3. The first-order chi connectivity index (χ1) is 15.4. The highest BCUT2D eigenvalue weighted by atomic mass is 32.1. The molecule has 168 valence electrons. The number of thiophene rings is 1. The molecule has 2 aromatic heterocycles. The Bertz CT molecular complexity index is 1170. The van der Waals surface area contributed by atoms with E-state index in [1.165, 1.54) is 17.4 Å². The Hall–Kier alpha value is -3.31. The topological polar surface area (TPSA) is 111 Å². The molecule has 0 aliphatic carbocycles. The van der Waals surface area contributed by atoms with Crippen LogP contribution in [0.2, 0.25) is 0 Å². The second-order valence-corrected chi connectivity index (χ2v) is 8.37. The number of benzene rings is 1. The van der Waals surface area contributed by atoms with Crippen LogP contribution in [0.25, 0.3) is 10.2 Å². The van der Waals surface area contributed by atoms with Gasteiger partial charge in [-0.25, -0.2) is 4.98 Å². The third kappa shape index (κ3) is 4.08. The van der Waals surface area contributed by atoms with Gasteiger partial charge in [-0.2, -0.15) is 4.98 Å². The van der Waals surface area contributed by atoms with Gasteiger partial charge in [0.05, 0.1) is 22.3 Å². The van der Waals surface area contributed by atoms with Gasteiger partial charge in [-0.05, 0) is 18.6 Å². The number of rotatable bonds is 6. The number of nitrogens with zero attached hydrogens (tertiary/aromatic N) is 5. The molecule has 0 unspecified atom stereocenters. The smallest absolute Gasteiger partial charge is 0.271 e. The van der Waals surface area contributed by atoms with Crippen LogP contribution in [0.15, 0.2) is 24.3 Å². The summed E-state index contributed by atoms with van der Waals surface area (Å²) < 4.78 is 10.6. The molecule has 1 aromatic carbocycles. The summed E-state index contributed by atoms with van der Waals surface area (Å²) in [5.74, 6) is 0.882. The first-order valence-corrected chi connectivity index (χ1v) is 10.9. The zero-order valence-corrected chi connectivity index (χ0v) is 18.8. The van der Waals surface area contributed by atoms with Crippen LogP contribution >= 0.6 is 11.3 Å². The summed E-state index contributed by atoms with van der Waals surface area (Å²) in [6, 6.07) is 6.57. The predicted molar refractivity (Wildman–Crippen MR) is 121 cm³/mol. The number of non-ortho nitro benzene ring substituents is 1. The first-order valence-electron chi connectivity index (χ1n) is 10.0. The van der Waals surface area contributed by atoms with E-state index in [1.54, 1.807) is 26.4 Å². The molecule has 1 amide bonds. The van der Waals surface area contributed by atoms with Crippen LogP contribution < -0.4 is 9.64 Å². The highest BCUT2D eigenvalue weighted by Crippen LogP contribution is 2.36. The fourth-order valence-electron chi connectivity index (χ4n) is 3.80. The van der Waals surface area contributed by atoms with Crippen LogP contribution in [-0.4, -0.2) is 66.1 Å². The van der Waals surface area contributed by atoms with Crippen molar-refractivity contribution in [3.05, 3.63) is 50.6 Å². The van der Waals surface area contributed by atoms with Crippen molar-refractivity contribution in [1.29, 1.82) is 0 Å². The number of aryl methyl sites for hydroxylation is 1. The van der Waals surface area contributed by atoms with Crippen LogP contribution in [0.1, 0.15) is 21.1 Å². The molecule has 1 aliphatic rings. The predicted octanol–water partition coefficient (Wildman–Crippen LogP) is 3.03. The van der Waals surface area contributed by atoms with Crippen LogP contribution in [0, 0.1) is 17.0 Å². The molecule has 3 aromatic rings. The number of carbonyl (C=O) groups excluding carboxylic acids is 1. The van der Waals surface area contributed by atoms with Crippen molar-refractivity contribution in [1.82, 2.24) is 14.9 Å². The van der Waals surface area contributed by atoms with Crippen molar-refractivity contribution in [2.45, 2.75) is 13.5 Å². The number of carbonyl (C=O) groups is 1. The summed E-state index contributed by atoms with van der Waals surface area (Å²) in [5, 5.41) is 11.8. The molecular formula is C21H23N5O5S. The minimum Gasteiger partial charge on any atom is -0.480 e. The lowest BCUT2D eigenvalue weighted by atomic mass is 10.1. The molecule has 1 fully saturated rings. The van der Waals surface area contributed by atoms with Crippen molar-refractivity contribution < 1.29 is 19.2 Å².